The second-order valence-electron chi connectivity index (χ2n) is 6.48. The van der Waals surface area contributed by atoms with E-state index < -0.39 is 0 Å². The predicted molar refractivity (Wildman–Crippen MR) is 100 cm³/mol. The molecule has 0 aliphatic heterocycles. The number of halogens is 1. The van der Waals surface area contributed by atoms with Gasteiger partial charge in [0.25, 0.3) is 0 Å². The molecule has 6 nitrogen and oxygen atoms in total. The van der Waals surface area contributed by atoms with Crippen LogP contribution in [0.15, 0.2) is 42.7 Å². The molecule has 0 amide bonds. The smallest absolute Gasteiger partial charge is 0.170 e. The average Bonchev–Trinajstić information content (AvgIpc) is 3.27. The maximum Gasteiger partial charge on any atom is 0.170 e. The summed E-state index contributed by atoms with van der Waals surface area (Å²) in [5.74, 6) is 0.313. The van der Waals surface area contributed by atoms with Crippen molar-refractivity contribution in [3.8, 4) is 17.0 Å². The van der Waals surface area contributed by atoms with Crippen molar-refractivity contribution in [2.75, 3.05) is 7.11 Å². The first kappa shape index (κ1) is 17.2. The van der Waals surface area contributed by atoms with Crippen LogP contribution < -0.4 is 4.74 Å². The predicted octanol–water partition coefficient (Wildman–Crippen LogP) is 3.37. The molecular formula is C20H20FN5O. The Balaban J connectivity index is 1.70. The largest absolute Gasteiger partial charge is 0.496 e. The van der Waals surface area contributed by atoms with Crippen LogP contribution in [-0.2, 0) is 19.9 Å². The van der Waals surface area contributed by atoms with Crippen LogP contribution in [-0.4, -0.2) is 31.5 Å². The summed E-state index contributed by atoms with van der Waals surface area (Å²) < 4.78 is 23.3. The molecule has 0 unspecified atom stereocenters. The number of fused-ring (bicyclic) bond motifs is 1. The van der Waals surface area contributed by atoms with Crippen molar-refractivity contribution in [2.24, 2.45) is 7.05 Å². The van der Waals surface area contributed by atoms with Crippen LogP contribution in [0.4, 0.5) is 4.39 Å². The van der Waals surface area contributed by atoms with Gasteiger partial charge in [-0.1, -0.05) is 6.07 Å². The van der Waals surface area contributed by atoms with E-state index in [2.05, 4.69) is 15.3 Å². The molecule has 138 valence electrons. The topological polar surface area (TPSA) is 57.2 Å². The fourth-order valence-electron chi connectivity index (χ4n) is 3.46. The van der Waals surface area contributed by atoms with E-state index in [0.717, 1.165) is 28.3 Å². The van der Waals surface area contributed by atoms with E-state index in [0.29, 0.717) is 24.2 Å². The van der Waals surface area contributed by atoms with Crippen molar-refractivity contribution >= 4 is 5.65 Å². The highest BCUT2D eigenvalue weighted by Gasteiger charge is 2.15. The Morgan fingerprint density at radius 1 is 1.15 bits per heavy atom. The Labute approximate surface area is 156 Å². The molecule has 3 aromatic heterocycles. The first-order valence-corrected chi connectivity index (χ1v) is 8.72. The minimum Gasteiger partial charge on any atom is -0.496 e. The molecule has 0 aliphatic rings. The van der Waals surface area contributed by atoms with Crippen LogP contribution in [0.5, 0.6) is 5.75 Å². The van der Waals surface area contributed by atoms with Crippen LogP contribution in [0, 0.1) is 12.7 Å². The summed E-state index contributed by atoms with van der Waals surface area (Å²) in [4.78, 5) is 0. The molecular weight excluding hydrogens is 345 g/mol. The van der Waals surface area contributed by atoms with Crippen LogP contribution >= 0.6 is 0 Å². The fraction of sp³-hybridized carbons (Fsp3) is 0.250. The second kappa shape index (κ2) is 6.83. The van der Waals surface area contributed by atoms with E-state index in [4.69, 9.17) is 4.74 Å². The summed E-state index contributed by atoms with van der Waals surface area (Å²) >= 11 is 0. The minimum atomic E-state index is -0.253. The number of pyridine rings is 1. The highest BCUT2D eigenvalue weighted by atomic mass is 19.1. The molecule has 0 bridgehead atoms. The highest BCUT2D eigenvalue weighted by Crippen LogP contribution is 2.27. The number of rotatable bonds is 5. The third kappa shape index (κ3) is 3.05. The molecule has 0 atom stereocenters. The molecule has 27 heavy (non-hydrogen) atoms. The second-order valence-corrected chi connectivity index (χ2v) is 6.48. The van der Waals surface area contributed by atoms with Gasteiger partial charge in [0, 0.05) is 23.9 Å². The van der Waals surface area contributed by atoms with Crippen molar-refractivity contribution in [1.82, 2.24) is 24.4 Å². The molecule has 4 rings (SSSR count). The maximum atomic E-state index is 14.2. The molecule has 0 aliphatic carbocycles. The Bertz CT molecular complexity index is 1110. The van der Waals surface area contributed by atoms with E-state index in [-0.39, 0.29) is 5.82 Å². The van der Waals surface area contributed by atoms with Crippen molar-refractivity contribution in [3.05, 3.63) is 65.5 Å². The zero-order valence-electron chi connectivity index (χ0n) is 15.5. The molecule has 3 heterocycles. The summed E-state index contributed by atoms with van der Waals surface area (Å²) in [7, 11) is 3.47. The number of hydrogen-bond donors (Lipinski definition) is 0. The lowest BCUT2D eigenvalue weighted by Gasteiger charge is -2.11. The van der Waals surface area contributed by atoms with Crippen LogP contribution in [0.2, 0.25) is 0 Å². The van der Waals surface area contributed by atoms with E-state index in [1.807, 2.05) is 41.3 Å². The Morgan fingerprint density at radius 2 is 2.00 bits per heavy atom. The number of benzene rings is 1. The number of ether oxygens (including phenoxy) is 1. The number of aryl methyl sites for hydroxylation is 3. The van der Waals surface area contributed by atoms with Gasteiger partial charge in [0.15, 0.2) is 5.65 Å². The molecule has 0 fully saturated rings. The van der Waals surface area contributed by atoms with Gasteiger partial charge in [0.2, 0.25) is 0 Å². The maximum absolute atomic E-state index is 14.2. The summed E-state index contributed by atoms with van der Waals surface area (Å²) in [6.45, 7) is 1.96. The SMILES string of the molecule is COc1cccc(F)c1CCc1ccc(-c2cc(C)nn2C)c2nncn12. The van der Waals surface area contributed by atoms with Crippen LogP contribution in [0.25, 0.3) is 16.9 Å². The lowest BCUT2D eigenvalue weighted by Crippen LogP contribution is -2.04. The van der Waals surface area contributed by atoms with Gasteiger partial charge in [-0.05, 0) is 50.1 Å². The lowest BCUT2D eigenvalue weighted by atomic mass is 10.0. The first-order chi connectivity index (χ1) is 13.1. The van der Waals surface area contributed by atoms with E-state index in [1.165, 1.54) is 6.07 Å². The average molecular weight is 365 g/mol. The third-order valence-electron chi connectivity index (χ3n) is 4.75. The molecule has 0 saturated heterocycles. The molecule has 0 N–H and O–H groups in total. The van der Waals surface area contributed by atoms with Crippen molar-refractivity contribution in [2.45, 2.75) is 19.8 Å². The van der Waals surface area contributed by atoms with Crippen molar-refractivity contribution in [1.29, 1.82) is 0 Å². The standard InChI is InChI=1S/C20H20FN5O/c1-13-11-18(25(2)24-13)16-10-8-14(26-12-22-23-20(16)26)7-9-15-17(21)5-4-6-19(15)27-3/h4-6,8,10-12H,7,9H2,1-3H3. The molecule has 0 saturated carbocycles. The van der Waals surface area contributed by atoms with Gasteiger partial charge in [-0.3, -0.25) is 9.08 Å². The highest BCUT2D eigenvalue weighted by molar-refractivity contribution is 5.75. The number of aromatic nitrogens is 5. The van der Waals surface area contributed by atoms with Gasteiger partial charge in [-0.25, -0.2) is 4.39 Å². The molecule has 1 aromatic carbocycles. The zero-order valence-corrected chi connectivity index (χ0v) is 15.5. The van der Waals surface area contributed by atoms with Crippen molar-refractivity contribution in [3.63, 3.8) is 0 Å². The summed E-state index contributed by atoms with van der Waals surface area (Å²) in [6.07, 6.45) is 2.85. The molecule has 4 aromatic rings. The van der Waals surface area contributed by atoms with Gasteiger partial charge in [-0.15, -0.1) is 10.2 Å². The van der Waals surface area contributed by atoms with Crippen LogP contribution in [0.3, 0.4) is 0 Å². The van der Waals surface area contributed by atoms with Crippen molar-refractivity contribution < 1.29 is 9.13 Å². The lowest BCUT2D eigenvalue weighted by molar-refractivity contribution is 0.404. The van der Waals surface area contributed by atoms with Gasteiger partial charge in [-0.2, -0.15) is 5.10 Å². The van der Waals surface area contributed by atoms with Crippen LogP contribution in [0.1, 0.15) is 17.0 Å². The monoisotopic (exact) mass is 365 g/mol. The Morgan fingerprint density at radius 3 is 2.74 bits per heavy atom. The van der Waals surface area contributed by atoms with Gasteiger partial charge >= 0.3 is 0 Å². The number of nitrogens with zero attached hydrogens (tertiary/aromatic N) is 5. The molecule has 0 spiro atoms. The number of methoxy groups -OCH3 is 1. The Hall–Kier alpha value is -3.22. The van der Waals surface area contributed by atoms with Gasteiger partial charge < -0.3 is 4.74 Å². The first-order valence-electron chi connectivity index (χ1n) is 8.72. The van der Waals surface area contributed by atoms with E-state index >= 15 is 0 Å². The fourth-order valence-corrected chi connectivity index (χ4v) is 3.46. The van der Waals surface area contributed by atoms with E-state index in [1.54, 1.807) is 25.6 Å². The van der Waals surface area contributed by atoms with Gasteiger partial charge in [0.05, 0.1) is 18.5 Å². The summed E-state index contributed by atoms with van der Waals surface area (Å²) in [5, 5.41) is 12.8. The third-order valence-corrected chi connectivity index (χ3v) is 4.75. The summed E-state index contributed by atoms with van der Waals surface area (Å²) in [6, 6.07) is 11.0. The zero-order chi connectivity index (χ0) is 19.0. The quantitative estimate of drug-likeness (QED) is 0.544. The minimum absolute atomic E-state index is 0.253. The number of hydrogen-bond acceptors (Lipinski definition) is 4. The molecule has 7 heteroatoms. The molecule has 0 radical (unpaired) electrons. The summed E-state index contributed by atoms with van der Waals surface area (Å²) in [5.41, 5.74) is 5.23. The van der Waals surface area contributed by atoms with E-state index in [9.17, 15) is 4.39 Å². The van der Waals surface area contributed by atoms with Gasteiger partial charge in [0.1, 0.15) is 17.9 Å². The normalized spacial score (nSPS) is 11.3. The Kier molecular flexibility index (Phi) is 4.35.